The number of carboxylic acids is 1. The van der Waals surface area contributed by atoms with Crippen molar-refractivity contribution in [3.05, 3.63) is 41.8 Å². The van der Waals surface area contributed by atoms with Crippen molar-refractivity contribution in [1.29, 1.82) is 0 Å². The van der Waals surface area contributed by atoms with Crippen LogP contribution in [0.15, 0.2) is 40.9 Å². The van der Waals surface area contributed by atoms with Crippen LogP contribution in [0.1, 0.15) is 18.7 Å². The van der Waals surface area contributed by atoms with E-state index in [0.717, 1.165) is 16.4 Å². The zero-order valence-corrected chi connectivity index (χ0v) is 26.0. The van der Waals surface area contributed by atoms with Crippen molar-refractivity contribution in [3.8, 4) is 0 Å². The molecule has 0 bridgehead atoms. The lowest BCUT2D eigenvalue weighted by Gasteiger charge is -2.50. The van der Waals surface area contributed by atoms with E-state index in [0.29, 0.717) is 36.1 Å². The van der Waals surface area contributed by atoms with Crippen molar-refractivity contribution >= 4 is 74.9 Å². The number of β-lactam (4-membered cyclic amide) rings is 1. The van der Waals surface area contributed by atoms with E-state index >= 15 is 0 Å². The number of carbonyl (C=O) groups is 5. The number of rotatable bonds is 13. The molecule has 8 N–H and O–H groups in total. The highest BCUT2D eigenvalue weighted by Crippen LogP contribution is 2.40. The second-order valence-corrected chi connectivity index (χ2v) is 12.2. The van der Waals surface area contributed by atoms with Gasteiger partial charge in [-0.15, -0.1) is 11.8 Å². The Balaban J connectivity index is 1.27. The third-order valence-corrected chi connectivity index (χ3v) is 9.21. The fraction of sp³-hybridized carbons (Fsp3) is 0.385. The number of nitrogens with two attached hydrogens (primary N) is 3. The predicted octanol–water partition coefficient (Wildman–Crippen LogP) is -4.01. The van der Waals surface area contributed by atoms with Crippen molar-refractivity contribution in [1.82, 2.24) is 34.4 Å². The van der Waals surface area contributed by atoms with E-state index in [-0.39, 0.29) is 47.1 Å². The summed E-state index contributed by atoms with van der Waals surface area (Å²) >= 11 is 2.19. The highest BCUT2D eigenvalue weighted by Gasteiger charge is 2.53. The van der Waals surface area contributed by atoms with Crippen LogP contribution in [-0.2, 0) is 37.1 Å². The largest absolute Gasteiger partial charge is 0.543 e. The topological polar surface area (TPSA) is 274 Å². The Morgan fingerprint density at radius 2 is 2.09 bits per heavy atom. The van der Waals surface area contributed by atoms with Gasteiger partial charge in [0.2, 0.25) is 18.1 Å². The molecule has 1 fully saturated rings. The fourth-order valence-electron chi connectivity index (χ4n) is 5.08. The molecule has 3 aromatic heterocycles. The van der Waals surface area contributed by atoms with Crippen LogP contribution >= 0.6 is 23.3 Å². The monoisotopic (exact) mass is 670 g/mol. The van der Waals surface area contributed by atoms with Crippen LogP contribution in [0.25, 0.3) is 11.2 Å². The van der Waals surface area contributed by atoms with E-state index < -0.39 is 41.1 Å². The second-order valence-electron chi connectivity index (χ2n) is 10.3. The molecular weight excluding hydrogens is 640 g/mol. The van der Waals surface area contributed by atoms with Crippen molar-refractivity contribution in [3.63, 3.8) is 0 Å². The molecule has 5 rings (SSSR count). The van der Waals surface area contributed by atoms with Gasteiger partial charge in [0.15, 0.2) is 16.7 Å². The van der Waals surface area contributed by atoms with Crippen molar-refractivity contribution in [2.45, 2.75) is 43.4 Å². The molecule has 2 aliphatic heterocycles. The maximum absolute atomic E-state index is 13.2. The Morgan fingerprint density at radius 3 is 2.76 bits per heavy atom. The molecule has 242 valence electrons. The van der Waals surface area contributed by atoms with E-state index in [1.54, 1.807) is 27.5 Å². The number of hydrogen-bond donors (Lipinski definition) is 5. The smallest absolute Gasteiger partial charge is 0.349 e. The van der Waals surface area contributed by atoms with Crippen LogP contribution in [0.3, 0.4) is 0 Å². The number of nitrogen functional groups attached to an aromatic ring is 1. The minimum Gasteiger partial charge on any atom is -0.543 e. The normalized spacial score (nSPS) is 18.6. The Bertz CT molecular complexity index is 1790. The first-order valence-electron chi connectivity index (χ1n) is 13.9. The van der Waals surface area contributed by atoms with Gasteiger partial charge in [0.1, 0.15) is 30.0 Å². The Hall–Kier alpha value is -4.95. The summed E-state index contributed by atoms with van der Waals surface area (Å²) in [6.45, 7) is 0.364. The van der Waals surface area contributed by atoms with Gasteiger partial charge in [-0.25, -0.2) is 4.57 Å². The van der Waals surface area contributed by atoms with E-state index in [4.69, 9.17) is 17.2 Å². The summed E-state index contributed by atoms with van der Waals surface area (Å²) < 4.78 is 7.34. The number of carboxylic acid groups (broad SMARTS) is 1. The van der Waals surface area contributed by atoms with Crippen molar-refractivity contribution in [2.24, 2.45) is 16.5 Å². The number of carbonyl (C=O) groups excluding carboxylic acids is 5. The summed E-state index contributed by atoms with van der Waals surface area (Å²) in [7, 11) is 1.38. The van der Waals surface area contributed by atoms with Crippen molar-refractivity contribution < 1.29 is 33.6 Å². The molecule has 4 amide bonds. The maximum Gasteiger partial charge on any atom is 0.349 e. The van der Waals surface area contributed by atoms with Crippen LogP contribution in [0.5, 0.6) is 0 Å². The molecule has 0 saturated carbocycles. The highest BCUT2D eigenvalue weighted by molar-refractivity contribution is 8.00. The zero-order valence-electron chi connectivity index (χ0n) is 24.4. The second kappa shape index (κ2) is 13.6. The maximum atomic E-state index is 13.2. The average Bonchev–Trinajstić information content (AvgIpc) is 3.64. The first-order chi connectivity index (χ1) is 22.0. The van der Waals surface area contributed by atoms with Crippen LogP contribution in [0.4, 0.5) is 5.13 Å². The number of imidazole rings is 1. The number of hydrogen-bond acceptors (Lipinski definition) is 14. The average molecular weight is 671 g/mol. The first kappa shape index (κ1) is 32.4. The SMILES string of the molecule is CN=C(C(=O)NC1C(=O)N2C(C(=O)[O-])=C(C[n+]3cccc4c3ncn4CC(=O)NCCCC(N)C(N)=O)CSC12)c1nsc(N)n1. The predicted molar refractivity (Wildman–Crippen MR) is 163 cm³/mol. The van der Waals surface area contributed by atoms with Gasteiger partial charge in [-0.2, -0.15) is 9.36 Å². The molecule has 46 heavy (non-hydrogen) atoms. The first-order valence-corrected chi connectivity index (χ1v) is 15.7. The molecule has 0 spiro atoms. The number of nitrogens with zero attached hydrogens (tertiary/aromatic N) is 7. The molecule has 0 radical (unpaired) electrons. The van der Waals surface area contributed by atoms with Crippen molar-refractivity contribution in [2.75, 3.05) is 25.1 Å². The molecule has 2 aliphatic rings. The lowest BCUT2D eigenvalue weighted by molar-refractivity contribution is -0.664. The summed E-state index contributed by atoms with van der Waals surface area (Å²) in [5.74, 6) is -3.45. The number of aliphatic carboxylic acids is 1. The molecule has 5 heterocycles. The van der Waals surface area contributed by atoms with E-state index in [9.17, 15) is 29.1 Å². The molecule has 3 aromatic rings. The zero-order chi connectivity index (χ0) is 33.1. The molecule has 1 saturated heterocycles. The van der Waals surface area contributed by atoms with Gasteiger partial charge in [0.25, 0.3) is 11.8 Å². The standard InChI is InChI=1S/C26H30N12O6S2/c1-30-16(20-34-26(29)46-35-20)22(41)33-17-23(42)38-18(25(43)44)12(10-45-24(17)38)8-36-7-3-5-14-21(36)32-11-37(14)9-15(39)31-6-2-4-13(27)19(28)40/h3,5,7,11,13,17,24H,2,4,6,8-10,27H2,1H3,(H6-,28,29,31,33,34,35,39,40,41,43,44). The van der Waals surface area contributed by atoms with Gasteiger partial charge < -0.3 is 37.7 Å². The van der Waals surface area contributed by atoms with E-state index in [1.807, 2.05) is 0 Å². The van der Waals surface area contributed by atoms with E-state index in [1.165, 1.54) is 25.1 Å². The lowest BCUT2D eigenvalue weighted by Crippen LogP contribution is -2.71. The van der Waals surface area contributed by atoms with Crippen LogP contribution in [0.2, 0.25) is 0 Å². The van der Waals surface area contributed by atoms with Gasteiger partial charge >= 0.3 is 5.65 Å². The summed E-state index contributed by atoms with van der Waals surface area (Å²) in [6, 6.07) is 1.74. The van der Waals surface area contributed by atoms with Crippen LogP contribution < -0.4 is 37.5 Å². The number of pyridine rings is 1. The summed E-state index contributed by atoms with van der Waals surface area (Å²) in [5.41, 5.74) is 17.5. The number of aromatic nitrogens is 5. The van der Waals surface area contributed by atoms with Gasteiger partial charge in [0, 0.05) is 36.5 Å². The van der Waals surface area contributed by atoms with Crippen LogP contribution in [-0.4, -0.2) is 95.9 Å². The molecule has 20 heteroatoms. The number of thioether (sulfide) groups is 1. The number of aliphatic imine (C=N–C) groups is 1. The Kier molecular flexibility index (Phi) is 9.58. The Morgan fingerprint density at radius 1 is 1.30 bits per heavy atom. The van der Waals surface area contributed by atoms with Gasteiger partial charge in [0.05, 0.1) is 23.9 Å². The number of nitrogens with one attached hydrogen (secondary N) is 2. The quantitative estimate of drug-likeness (QED) is 0.0504. The molecule has 18 nitrogen and oxygen atoms in total. The highest BCUT2D eigenvalue weighted by atomic mass is 32.2. The third kappa shape index (κ3) is 6.53. The minimum atomic E-state index is -1.52. The molecule has 3 unspecified atom stereocenters. The molecule has 0 aromatic carbocycles. The van der Waals surface area contributed by atoms with E-state index in [2.05, 4.69) is 30.0 Å². The summed E-state index contributed by atoms with van der Waals surface area (Å²) in [6.07, 6.45) is 4.04. The summed E-state index contributed by atoms with van der Waals surface area (Å²) in [5, 5.41) is 17.2. The van der Waals surface area contributed by atoms with Gasteiger partial charge in [-0.05, 0) is 30.0 Å². The molecule has 0 aliphatic carbocycles. The molecular formula is C26H30N12O6S2. The third-order valence-electron chi connectivity index (χ3n) is 7.32. The Labute approximate surface area is 269 Å². The minimum absolute atomic E-state index is 0.0246. The summed E-state index contributed by atoms with van der Waals surface area (Å²) in [4.78, 5) is 75.4. The van der Waals surface area contributed by atoms with Gasteiger partial charge in [-0.3, -0.25) is 33.6 Å². The van der Waals surface area contributed by atoms with Gasteiger partial charge in [-0.1, -0.05) is 0 Å². The number of amides is 4. The number of anilines is 1. The lowest BCUT2D eigenvalue weighted by atomic mass is 10.0. The van der Waals surface area contributed by atoms with Crippen LogP contribution in [0, 0.1) is 0 Å². The fourth-order valence-corrected chi connectivity index (χ4v) is 6.85. The number of primary amides is 1. The number of fused-ring (bicyclic) bond motifs is 2. The molecule has 3 atom stereocenters.